The molecule has 158 valence electrons. The molecule has 1 aromatic carbocycles. The monoisotopic (exact) mass is 410 g/mol. The number of amides is 1. The van der Waals surface area contributed by atoms with E-state index in [2.05, 4.69) is 27.4 Å². The second-order valence-corrected chi connectivity index (χ2v) is 6.71. The molecule has 0 unspecified atom stereocenters. The Morgan fingerprint density at radius 3 is 2.77 bits per heavy atom. The van der Waals surface area contributed by atoms with Crippen LogP contribution in [0, 0.1) is 0 Å². The number of nitrogens with one attached hydrogen (secondary N) is 1. The number of benzene rings is 1. The van der Waals surface area contributed by atoms with Gasteiger partial charge in [0.2, 0.25) is 17.6 Å². The van der Waals surface area contributed by atoms with Gasteiger partial charge in [-0.15, -0.1) is 0 Å². The number of ether oxygens (including phenoxy) is 2. The summed E-state index contributed by atoms with van der Waals surface area (Å²) in [7, 11) is 1.61. The van der Waals surface area contributed by atoms with E-state index in [0.717, 1.165) is 24.0 Å². The topological polar surface area (TPSA) is 99.4 Å². The number of hydrogen-bond acceptors (Lipinski definition) is 7. The van der Waals surface area contributed by atoms with Crippen molar-refractivity contribution in [1.82, 2.24) is 20.4 Å². The Morgan fingerprint density at radius 1 is 1.17 bits per heavy atom. The third-order valence-corrected chi connectivity index (χ3v) is 4.45. The van der Waals surface area contributed by atoms with Gasteiger partial charge < -0.3 is 19.3 Å². The lowest BCUT2D eigenvalue weighted by atomic mass is 10.2. The number of carbonyl (C=O) groups excluding carboxylic acids is 1. The van der Waals surface area contributed by atoms with E-state index in [4.69, 9.17) is 14.0 Å². The molecule has 0 saturated heterocycles. The fourth-order valence-electron chi connectivity index (χ4n) is 2.75. The van der Waals surface area contributed by atoms with Crippen molar-refractivity contribution in [1.29, 1.82) is 0 Å². The maximum atomic E-state index is 12.2. The standard InChI is InChI=1S/C22H26N4O4/c1-3-4-13-29-18-6-5-16(14-19(18)28-2)15-24-20(27)7-8-21-25-22(26-30-21)17-9-11-23-12-10-17/h5-6,9-12,14H,3-4,7-8,13,15H2,1-2H3,(H,24,27). The molecule has 8 heteroatoms. The van der Waals surface area contributed by atoms with Gasteiger partial charge in [-0.3, -0.25) is 9.78 Å². The number of hydrogen-bond donors (Lipinski definition) is 1. The minimum atomic E-state index is -0.0964. The van der Waals surface area contributed by atoms with Crippen molar-refractivity contribution in [3.63, 3.8) is 0 Å². The largest absolute Gasteiger partial charge is 0.493 e. The molecule has 0 aliphatic heterocycles. The quantitative estimate of drug-likeness (QED) is 0.482. The third-order valence-electron chi connectivity index (χ3n) is 4.45. The highest BCUT2D eigenvalue weighted by Crippen LogP contribution is 2.28. The molecule has 1 N–H and O–H groups in total. The van der Waals surface area contributed by atoms with Gasteiger partial charge in [-0.05, 0) is 36.2 Å². The van der Waals surface area contributed by atoms with E-state index in [0.29, 0.717) is 42.8 Å². The molecule has 0 bridgehead atoms. The number of aromatic nitrogens is 3. The minimum absolute atomic E-state index is 0.0964. The molecule has 8 nitrogen and oxygen atoms in total. The highest BCUT2D eigenvalue weighted by atomic mass is 16.5. The summed E-state index contributed by atoms with van der Waals surface area (Å²) in [5, 5.41) is 6.84. The second-order valence-electron chi connectivity index (χ2n) is 6.71. The van der Waals surface area contributed by atoms with Gasteiger partial charge in [0.05, 0.1) is 13.7 Å². The van der Waals surface area contributed by atoms with Crippen LogP contribution < -0.4 is 14.8 Å². The molecule has 30 heavy (non-hydrogen) atoms. The van der Waals surface area contributed by atoms with Crippen molar-refractivity contribution in [2.45, 2.75) is 39.2 Å². The first-order chi connectivity index (χ1) is 14.7. The van der Waals surface area contributed by atoms with Gasteiger partial charge in [-0.25, -0.2) is 0 Å². The minimum Gasteiger partial charge on any atom is -0.493 e. The van der Waals surface area contributed by atoms with Crippen LogP contribution >= 0.6 is 0 Å². The molecule has 3 aromatic rings. The molecule has 0 saturated carbocycles. The van der Waals surface area contributed by atoms with E-state index in [9.17, 15) is 4.79 Å². The second kappa shape index (κ2) is 10.9. The molecule has 2 aromatic heterocycles. The highest BCUT2D eigenvalue weighted by molar-refractivity contribution is 5.76. The van der Waals surface area contributed by atoms with Gasteiger partial charge in [0.25, 0.3) is 0 Å². The van der Waals surface area contributed by atoms with Crippen LogP contribution in [0.15, 0.2) is 47.2 Å². The zero-order chi connectivity index (χ0) is 21.2. The predicted molar refractivity (Wildman–Crippen MR) is 111 cm³/mol. The van der Waals surface area contributed by atoms with Crippen LogP contribution in [0.1, 0.15) is 37.6 Å². The Kier molecular flexibility index (Phi) is 7.77. The van der Waals surface area contributed by atoms with E-state index >= 15 is 0 Å². The number of aryl methyl sites for hydroxylation is 1. The molecular formula is C22H26N4O4. The lowest BCUT2D eigenvalue weighted by Crippen LogP contribution is -2.23. The number of methoxy groups -OCH3 is 1. The normalized spacial score (nSPS) is 10.6. The Labute approximate surface area is 175 Å². The van der Waals surface area contributed by atoms with Crippen molar-refractivity contribution in [3.05, 3.63) is 54.2 Å². The summed E-state index contributed by atoms with van der Waals surface area (Å²) in [4.78, 5) is 20.5. The van der Waals surface area contributed by atoms with Crippen molar-refractivity contribution >= 4 is 5.91 Å². The first-order valence-electron chi connectivity index (χ1n) is 9.99. The van der Waals surface area contributed by atoms with Crippen molar-refractivity contribution in [2.75, 3.05) is 13.7 Å². The number of pyridine rings is 1. The molecule has 0 aliphatic carbocycles. The molecule has 1 amide bonds. The first-order valence-corrected chi connectivity index (χ1v) is 9.99. The van der Waals surface area contributed by atoms with Gasteiger partial charge in [0.15, 0.2) is 11.5 Å². The van der Waals surface area contributed by atoms with Crippen LogP contribution in [-0.4, -0.2) is 34.7 Å². The third kappa shape index (κ3) is 6.04. The van der Waals surface area contributed by atoms with Crippen LogP contribution in [-0.2, 0) is 17.8 Å². The molecule has 0 radical (unpaired) electrons. The summed E-state index contributed by atoms with van der Waals surface area (Å²) in [5.74, 6) is 2.18. The highest BCUT2D eigenvalue weighted by Gasteiger charge is 2.11. The molecule has 2 heterocycles. The fraction of sp³-hybridized carbons (Fsp3) is 0.364. The maximum absolute atomic E-state index is 12.2. The van der Waals surface area contributed by atoms with Crippen LogP contribution in [0.25, 0.3) is 11.4 Å². The van der Waals surface area contributed by atoms with E-state index in [1.165, 1.54) is 0 Å². The summed E-state index contributed by atoms with van der Waals surface area (Å²) in [6.45, 7) is 3.17. The number of rotatable bonds is 11. The Bertz CT molecular complexity index is 943. The summed E-state index contributed by atoms with van der Waals surface area (Å²) >= 11 is 0. The molecule has 3 rings (SSSR count). The maximum Gasteiger partial charge on any atom is 0.227 e. The van der Waals surface area contributed by atoms with E-state index in [1.54, 1.807) is 31.6 Å². The molecular weight excluding hydrogens is 384 g/mol. The summed E-state index contributed by atoms with van der Waals surface area (Å²) in [5.41, 5.74) is 1.75. The average molecular weight is 410 g/mol. The summed E-state index contributed by atoms with van der Waals surface area (Å²) in [6.07, 6.45) is 6.02. The van der Waals surface area contributed by atoms with Crippen LogP contribution in [0.5, 0.6) is 11.5 Å². The van der Waals surface area contributed by atoms with E-state index < -0.39 is 0 Å². The number of nitrogens with zero attached hydrogens (tertiary/aromatic N) is 3. The lowest BCUT2D eigenvalue weighted by Gasteiger charge is -2.12. The predicted octanol–water partition coefficient (Wildman–Crippen LogP) is 3.57. The molecule has 0 atom stereocenters. The number of carbonyl (C=O) groups is 1. The van der Waals surface area contributed by atoms with Gasteiger partial charge in [-0.1, -0.05) is 24.6 Å². The lowest BCUT2D eigenvalue weighted by molar-refractivity contribution is -0.121. The molecule has 0 spiro atoms. The summed E-state index contributed by atoms with van der Waals surface area (Å²) < 4.78 is 16.4. The average Bonchev–Trinajstić information content (AvgIpc) is 3.26. The SMILES string of the molecule is CCCCOc1ccc(CNC(=O)CCc2nc(-c3ccncc3)no2)cc1OC. The van der Waals surface area contributed by atoms with E-state index in [-0.39, 0.29) is 12.3 Å². The van der Waals surface area contributed by atoms with Gasteiger partial charge >= 0.3 is 0 Å². The smallest absolute Gasteiger partial charge is 0.227 e. The Morgan fingerprint density at radius 2 is 2.00 bits per heavy atom. The molecule has 0 fully saturated rings. The Balaban J connectivity index is 1.47. The van der Waals surface area contributed by atoms with Gasteiger partial charge in [0.1, 0.15) is 0 Å². The van der Waals surface area contributed by atoms with Gasteiger partial charge in [0, 0.05) is 37.3 Å². The first kappa shape index (κ1) is 21.3. The zero-order valence-electron chi connectivity index (χ0n) is 17.3. The van der Waals surface area contributed by atoms with Crippen molar-refractivity contribution in [2.24, 2.45) is 0 Å². The van der Waals surface area contributed by atoms with Crippen molar-refractivity contribution in [3.8, 4) is 22.9 Å². The fourth-order valence-corrected chi connectivity index (χ4v) is 2.75. The summed E-state index contributed by atoms with van der Waals surface area (Å²) in [6, 6.07) is 9.27. The zero-order valence-corrected chi connectivity index (χ0v) is 17.3. The van der Waals surface area contributed by atoms with Crippen LogP contribution in [0.3, 0.4) is 0 Å². The molecule has 0 aliphatic rings. The van der Waals surface area contributed by atoms with Crippen LogP contribution in [0.2, 0.25) is 0 Å². The number of unbranched alkanes of at least 4 members (excludes halogenated alkanes) is 1. The van der Waals surface area contributed by atoms with Gasteiger partial charge in [-0.2, -0.15) is 4.98 Å². The van der Waals surface area contributed by atoms with Crippen LogP contribution in [0.4, 0.5) is 0 Å². The van der Waals surface area contributed by atoms with E-state index in [1.807, 2.05) is 18.2 Å². The Hall–Kier alpha value is -3.42. The van der Waals surface area contributed by atoms with Crippen molar-refractivity contribution < 1.29 is 18.8 Å².